The zero-order valence-electron chi connectivity index (χ0n) is 15.6. The zero-order valence-corrected chi connectivity index (χ0v) is 18.8. The van der Waals surface area contributed by atoms with Gasteiger partial charge < -0.3 is 0 Å². The van der Waals surface area contributed by atoms with Gasteiger partial charge >= 0.3 is 0 Å². The van der Waals surface area contributed by atoms with Gasteiger partial charge in [-0.1, -0.05) is 36.0 Å². The summed E-state index contributed by atoms with van der Waals surface area (Å²) in [5, 5.41) is 3.36. The highest BCUT2D eigenvalue weighted by Gasteiger charge is 2.30. The van der Waals surface area contributed by atoms with E-state index >= 15 is 0 Å². The Bertz CT molecular complexity index is 1020. The molecule has 10 heteroatoms. The van der Waals surface area contributed by atoms with Crippen molar-refractivity contribution in [2.24, 2.45) is 0 Å². The third-order valence-electron chi connectivity index (χ3n) is 5.02. The normalized spacial score (nSPS) is 17.3. The Morgan fingerprint density at radius 3 is 2.52 bits per heavy atom. The van der Waals surface area contributed by atoms with Crippen LogP contribution in [0.2, 0.25) is 10.0 Å². The van der Waals surface area contributed by atoms with E-state index in [-0.39, 0.29) is 26.5 Å². The molecule has 2 N–H and O–H groups in total. The number of thiazole rings is 1. The number of nitrogens with one attached hydrogen (secondary N) is 2. The number of aromatic nitrogens is 1. The Balaban J connectivity index is 1.58. The number of halogens is 2. The largest absolute Gasteiger partial charge is 0.298 e. The summed E-state index contributed by atoms with van der Waals surface area (Å²) in [6, 6.07) is 2.45. The van der Waals surface area contributed by atoms with E-state index in [4.69, 9.17) is 23.2 Å². The molecule has 1 saturated carbocycles. The quantitative estimate of drug-likeness (QED) is 0.652. The van der Waals surface area contributed by atoms with E-state index < -0.39 is 15.9 Å². The van der Waals surface area contributed by atoms with Crippen molar-refractivity contribution in [2.45, 2.75) is 62.3 Å². The summed E-state index contributed by atoms with van der Waals surface area (Å²) >= 11 is 13.8. The molecule has 1 amide bonds. The minimum atomic E-state index is -3.82. The van der Waals surface area contributed by atoms with E-state index in [1.165, 1.54) is 41.2 Å². The Labute approximate surface area is 184 Å². The molecule has 0 atom stereocenters. The van der Waals surface area contributed by atoms with Crippen LogP contribution < -0.4 is 10.0 Å². The molecular weight excluding hydrogens is 453 g/mol. The molecule has 0 unspecified atom stereocenters. The summed E-state index contributed by atoms with van der Waals surface area (Å²) in [7, 11) is -3.82. The predicted octanol–water partition coefficient (Wildman–Crippen LogP) is 4.80. The van der Waals surface area contributed by atoms with Crippen molar-refractivity contribution in [1.82, 2.24) is 9.71 Å². The van der Waals surface area contributed by atoms with Crippen LogP contribution in [0.1, 0.15) is 59.5 Å². The standard InChI is InChI=1S/C19H21Cl2N3O3S2/c20-13-10-14(21)17(29(26,27)24-11-7-8-11)9-12(13)18(25)23-19-22-15-5-3-1-2-4-6-16(15)28-19/h9-11,24H,1-8H2,(H,22,23,25). The molecular formula is C19H21Cl2N3O3S2. The average molecular weight is 474 g/mol. The van der Waals surface area contributed by atoms with E-state index in [0.29, 0.717) is 5.13 Å². The van der Waals surface area contributed by atoms with Crippen molar-refractivity contribution < 1.29 is 13.2 Å². The van der Waals surface area contributed by atoms with Crippen LogP contribution in [0.15, 0.2) is 17.0 Å². The second kappa shape index (κ2) is 8.51. The summed E-state index contributed by atoms with van der Waals surface area (Å²) < 4.78 is 27.7. The molecule has 4 rings (SSSR count). The SMILES string of the molecule is O=C(Nc1nc2c(s1)CCCCCC2)c1cc(S(=O)(=O)NC2CC2)c(Cl)cc1Cl. The molecule has 2 aliphatic carbocycles. The highest BCUT2D eigenvalue weighted by molar-refractivity contribution is 7.89. The first-order chi connectivity index (χ1) is 13.8. The van der Waals surface area contributed by atoms with Gasteiger partial charge in [0.15, 0.2) is 5.13 Å². The minimum Gasteiger partial charge on any atom is -0.298 e. The van der Waals surface area contributed by atoms with Crippen LogP contribution >= 0.6 is 34.5 Å². The maximum Gasteiger partial charge on any atom is 0.259 e. The van der Waals surface area contributed by atoms with Gasteiger partial charge in [0.1, 0.15) is 4.90 Å². The summed E-state index contributed by atoms with van der Waals surface area (Å²) in [5.41, 5.74) is 1.10. The molecule has 0 radical (unpaired) electrons. The lowest BCUT2D eigenvalue weighted by atomic mass is 10.0. The van der Waals surface area contributed by atoms with Crippen LogP contribution in [0.25, 0.3) is 0 Å². The first-order valence-electron chi connectivity index (χ1n) is 9.65. The molecule has 1 heterocycles. The summed E-state index contributed by atoms with van der Waals surface area (Å²) in [4.78, 5) is 18.5. The van der Waals surface area contributed by atoms with Gasteiger partial charge in [-0.25, -0.2) is 18.1 Å². The lowest BCUT2D eigenvalue weighted by molar-refractivity contribution is 0.102. The zero-order chi connectivity index (χ0) is 20.6. The topological polar surface area (TPSA) is 88.2 Å². The van der Waals surface area contributed by atoms with Crippen LogP contribution in [-0.4, -0.2) is 25.4 Å². The van der Waals surface area contributed by atoms with Crippen LogP contribution in [0, 0.1) is 0 Å². The van der Waals surface area contributed by atoms with E-state index in [1.807, 2.05) is 0 Å². The monoisotopic (exact) mass is 473 g/mol. The number of anilines is 1. The Hall–Kier alpha value is -1.19. The van der Waals surface area contributed by atoms with Gasteiger partial charge in [-0.3, -0.25) is 10.1 Å². The number of carbonyl (C=O) groups excluding carboxylic acids is 1. The van der Waals surface area contributed by atoms with E-state index in [9.17, 15) is 13.2 Å². The van der Waals surface area contributed by atoms with Crippen LogP contribution in [-0.2, 0) is 22.9 Å². The lowest BCUT2D eigenvalue weighted by Gasteiger charge is -2.11. The van der Waals surface area contributed by atoms with Crippen molar-refractivity contribution in [3.63, 3.8) is 0 Å². The second-order valence-electron chi connectivity index (χ2n) is 7.42. The Kier molecular flexibility index (Phi) is 6.18. The van der Waals surface area contributed by atoms with Gasteiger partial charge in [0.05, 0.1) is 21.3 Å². The summed E-state index contributed by atoms with van der Waals surface area (Å²) in [5.74, 6) is -0.503. The molecule has 1 aromatic heterocycles. The van der Waals surface area contributed by atoms with Gasteiger partial charge in [0, 0.05) is 10.9 Å². The van der Waals surface area contributed by atoms with Gasteiger partial charge in [0.25, 0.3) is 5.91 Å². The van der Waals surface area contributed by atoms with E-state index in [0.717, 1.165) is 44.2 Å². The van der Waals surface area contributed by atoms with Crippen molar-refractivity contribution in [2.75, 3.05) is 5.32 Å². The van der Waals surface area contributed by atoms with Gasteiger partial charge in [-0.05, 0) is 50.7 Å². The van der Waals surface area contributed by atoms with Crippen molar-refractivity contribution in [1.29, 1.82) is 0 Å². The van der Waals surface area contributed by atoms with E-state index in [2.05, 4.69) is 15.0 Å². The molecule has 2 aromatic rings. The number of aryl methyl sites for hydroxylation is 2. The lowest BCUT2D eigenvalue weighted by Crippen LogP contribution is -2.26. The average Bonchev–Trinajstić information content (AvgIpc) is 3.35. The number of benzene rings is 1. The molecule has 6 nitrogen and oxygen atoms in total. The first kappa shape index (κ1) is 21.1. The maximum absolute atomic E-state index is 12.8. The fourth-order valence-corrected chi connectivity index (χ4v) is 6.53. The van der Waals surface area contributed by atoms with Gasteiger partial charge in [-0.2, -0.15) is 0 Å². The van der Waals surface area contributed by atoms with Crippen molar-refractivity contribution in [3.05, 3.63) is 38.3 Å². The van der Waals surface area contributed by atoms with Crippen molar-refractivity contribution >= 4 is 55.6 Å². The van der Waals surface area contributed by atoms with Crippen LogP contribution in [0.4, 0.5) is 5.13 Å². The third-order valence-corrected chi connectivity index (χ3v) is 8.39. The minimum absolute atomic E-state index is 0.0167. The molecule has 1 fully saturated rings. The van der Waals surface area contributed by atoms with Gasteiger partial charge in [0.2, 0.25) is 10.0 Å². The predicted molar refractivity (Wildman–Crippen MR) is 116 cm³/mol. The molecule has 0 bridgehead atoms. The number of nitrogens with zero attached hydrogens (tertiary/aromatic N) is 1. The van der Waals surface area contributed by atoms with Crippen LogP contribution in [0.3, 0.4) is 0 Å². The third kappa shape index (κ3) is 4.94. The first-order valence-corrected chi connectivity index (χ1v) is 12.7. The maximum atomic E-state index is 12.8. The summed E-state index contributed by atoms with van der Waals surface area (Å²) in [6.45, 7) is 0. The molecule has 0 aliphatic heterocycles. The molecule has 0 spiro atoms. The van der Waals surface area contributed by atoms with Crippen molar-refractivity contribution in [3.8, 4) is 0 Å². The van der Waals surface area contributed by atoms with Gasteiger partial charge in [-0.15, -0.1) is 11.3 Å². The Morgan fingerprint density at radius 2 is 1.79 bits per heavy atom. The smallest absolute Gasteiger partial charge is 0.259 e. The second-order valence-corrected chi connectivity index (χ2v) is 11.0. The molecule has 156 valence electrons. The van der Waals surface area contributed by atoms with E-state index in [1.54, 1.807) is 0 Å². The number of hydrogen-bond donors (Lipinski definition) is 2. The highest BCUT2D eigenvalue weighted by atomic mass is 35.5. The van der Waals surface area contributed by atoms with Crippen LogP contribution in [0.5, 0.6) is 0 Å². The number of carbonyl (C=O) groups is 1. The molecule has 0 saturated heterocycles. The number of amides is 1. The number of hydrogen-bond acceptors (Lipinski definition) is 5. The number of fused-ring (bicyclic) bond motifs is 1. The fourth-order valence-electron chi connectivity index (χ4n) is 3.32. The summed E-state index contributed by atoms with van der Waals surface area (Å²) in [6.07, 6.45) is 8.12. The fraction of sp³-hybridized carbons (Fsp3) is 0.474. The molecule has 1 aromatic carbocycles. The number of sulfonamides is 1. The highest BCUT2D eigenvalue weighted by Crippen LogP contribution is 2.32. The molecule has 2 aliphatic rings. The Morgan fingerprint density at radius 1 is 1.07 bits per heavy atom. The number of rotatable bonds is 5. The molecule has 29 heavy (non-hydrogen) atoms.